The first-order chi connectivity index (χ1) is 9.63. The van der Waals surface area contributed by atoms with Crippen LogP contribution in [0.3, 0.4) is 0 Å². The molecule has 1 aliphatic rings. The van der Waals surface area contributed by atoms with Crippen LogP contribution in [-0.2, 0) is 16.1 Å². The second-order valence-electron chi connectivity index (χ2n) is 4.59. The minimum Gasteiger partial charge on any atom is -0.465 e. The van der Waals surface area contributed by atoms with Gasteiger partial charge in [-0.15, -0.1) is 0 Å². The number of hydrogen-bond donors (Lipinski definition) is 1. The van der Waals surface area contributed by atoms with Crippen molar-refractivity contribution in [1.29, 1.82) is 5.41 Å². The highest BCUT2D eigenvalue weighted by molar-refractivity contribution is 6.13. The zero-order valence-corrected chi connectivity index (χ0v) is 11.3. The van der Waals surface area contributed by atoms with Crippen LogP contribution in [0.25, 0.3) is 0 Å². The quantitative estimate of drug-likeness (QED) is 0.670. The molecule has 0 aromatic heterocycles. The summed E-state index contributed by atoms with van der Waals surface area (Å²) in [5, 5.41) is 7.63. The van der Waals surface area contributed by atoms with Crippen molar-refractivity contribution < 1.29 is 14.3 Å². The average Bonchev–Trinajstić information content (AvgIpc) is 2.49. The predicted octanol–water partition coefficient (Wildman–Crippen LogP) is 1.78. The minimum atomic E-state index is -0.355. The van der Waals surface area contributed by atoms with E-state index < -0.39 is 0 Å². The highest BCUT2D eigenvalue weighted by Gasteiger charge is 2.15. The zero-order valence-electron chi connectivity index (χ0n) is 11.3. The number of nitrogens with zero attached hydrogens (tertiary/aromatic N) is 1. The molecule has 0 saturated carbocycles. The molecule has 1 heterocycles. The number of carbonyl (C=O) groups is 2. The summed E-state index contributed by atoms with van der Waals surface area (Å²) in [5.74, 6) is -0.355. The summed E-state index contributed by atoms with van der Waals surface area (Å²) < 4.78 is 4.65. The third-order valence-corrected chi connectivity index (χ3v) is 3.21. The monoisotopic (exact) mass is 272 g/mol. The molecule has 2 rings (SSSR count). The normalized spacial score (nSPS) is 14.8. The van der Waals surface area contributed by atoms with Crippen LogP contribution >= 0.6 is 0 Å². The van der Waals surface area contributed by atoms with Crippen molar-refractivity contribution in [3.8, 4) is 0 Å². The number of ether oxygens (including phenoxy) is 1. The molecule has 0 aliphatic carbocycles. The van der Waals surface area contributed by atoms with E-state index in [0.29, 0.717) is 29.8 Å². The van der Waals surface area contributed by atoms with E-state index >= 15 is 0 Å². The van der Waals surface area contributed by atoms with Crippen LogP contribution in [0.4, 0.5) is 0 Å². The van der Waals surface area contributed by atoms with Gasteiger partial charge in [-0.3, -0.25) is 4.79 Å². The van der Waals surface area contributed by atoms with Gasteiger partial charge >= 0.3 is 5.97 Å². The lowest BCUT2D eigenvalue weighted by Crippen LogP contribution is -2.27. The van der Waals surface area contributed by atoms with Crippen molar-refractivity contribution in [2.75, 3.05) is 13.7 Å². The summed E-state index contributed by atoms with van der Waals surface area (Å²) in [5.41, 5.74) is 2.37. The summed E-state index contributed by atoms with van der Waals surface area (Å²) in [7, 11) is 1.35. The van der Waals surface area contributed by atoms with Crippen LogP contribution in [0.1, 0.15) is 22.3 Å². The lowest BCUT2D eigenvalue weighted by Gasteiger charge is -2.25. The third-order valence-electron chi connectivity index (χ3n) is 3.21. The van der Waals surface area contributed by atoms with Gasteiger partial charge in [0.25, 0.3) is 0 Å². The lowest BCUT2D eigenvalue weighted by molar-refractivity contribution is -0.104. The number of nitrogens with one attached hydrogen (secondary N) is 1. The lowest BCUT2D eigenvalue weighted by atomic mass is 10.1. The summed E-state index contributed by atoms with van der Waals surface area (Å²) >= 11 is 0. The molecule has 0 radical (unpaired) electrons. The average molecular weight is 272 g/mol. The highest BCUT2D eigenvalue weighted by atomic mass is 16.5. The Morgan fingerprint density at radius 2 is 2.10 bits per heavy atom. The molecule has 1 aromatic carbocycles. The van der Waals surface area contributed by atoms with Crippen molar-refractivity contribution in [2.45, 2.75) is 13.0 Å². The fraction of sp³-hybridized carbons (Fsp3) is 0.267. The smallest absolute Gasteiger partial charge is 0.337 e. The van der Waals surface area contributed by atoms with E-state index in [1.807, 2.05) is 17.0 Å². The number of hydrogen-bond acceptors (Lipinski definition) is 5. The molecule has 0 saturated heterocycles. The molecular formula is C15H16N2O3. The summed E-state index contributed by atoms with van der Waals surface area (Å²) in [6, 6.07) is 7.16. The number of methoxy groups -OCH3 is 1. The standard InChI is InChI=1S/C15H16N2O3/c1-20-15(19)12-4-2-11(3-5-12)8-17-7-6-14(16)13(9-17)10-18/h2-5,9-10,16H,6-8H2,1H3. The Bertz CT molecular complexity index is 561. The first kappa shape index (κ1) is 14.0. The molecule has 1 N–H and O–H groups in total. The van der Waals surface area contributed by atoms with Gasteiger partial charge in [0.05, 0.1) is 18.2 Å². The summed E-state index contributed by atoms with van der Waals surface area (Å²) in [6.45, 7) is 1.36. The molecule has 0 fully saturated rings. The van der Waals surface area contributed by atoms with E-state index in [1.54, 1.807) is 18.3 Å². The molecule has 0 unspecified atom stereocenters. The molecule has 0 bridgehead atoms. The van der Waals surface area contributed by atoms with E-state index in [4.69, 9.17) is 5.41 Å². The van der Waals surface area contributed by atoms with Crippen molar-refractivity contribution in [3.05, 3.63) is 47.2 Å². The third kappa shape index (κ3) is 3.12. The van der Waals surface area contributed by atoms with Crippen LogP contribution in [-0.4, -0.2) is 36.5 Å². The van der Waals surface area contributed by atoms with Gasteiger partial charge in [-0.05, 0) is 17.7 Å². The van der Waals surface area contributed by atoms with Crippen molar-refractivity contribution >= 4 is 18.0 Å². The zero-order chi connectivity index (χ0) is 14.5. The van der Waals surface area contributed by atoms with Crippen molar-refractivity contribution in [3.63, 3.8) is 0 Å². The van der Waals surface area contributed by atoms with Crippen LogP contribution in [0.2, 0.25) is 0 Å². The Labute approximate surface area is 117 Å². The second-order valence-corrected chi connectivity index (χ2v) is 4.59. The maximum absolute atomic E-state index is 11.3. The molecule has 5 nitrogen and oxygen atoms in total. The molecule has 20 heavy (non-hydrogen) atoms. The van der Waals surface area contributed by atoms with Crippen LogP contribution < -0.4 is 0 Å². The largest absolute Gasteiger partial charge is 0.465 e. The number of rotatable bonds is 4. The van der Waals surface area contributed by atoms with E-state index in [0.717, 1.165) is 18.4 Å². The van der Waals surface area contributed by atoms with Gasteiger partial charge < -0.3 is 15.0 Å². The molecule has 1 aromatic rings. The van der Waals surface area contributed by atoms with Gasteiger partial charge in [0.2, 0.25) is 0 Å². The fourth-order valence-corrected chi connectivity index (χ4v) is 2.06. The van der Waals surface area contributed by atoms with Gasteiger partial charge in [0, 0.05) is 31.4 Å². The van der Waals surface area contributed by atoms with E-state index in [-0.39, 0.29) is 5.97 Å². The van der Waals surface area contributed by atoms with E-state index in [9.17, 15) is 9.59 Å². The highest BCUT2D eigenvalue weighted by Crippen LogP contribution is 2.14. The first-order valence-electron chi connectivity index (χ1n) is 6.30. The van der Waals surface area contributed by atoms with Crippen LogP contribution in [0.5, 0.6) is 0 Å². The first-order valence-corrected chi connectivity index (χ1v) is 6.30. The van der Waals surface area contributed by atoms with E-state index in [1.165, 1.54) is 7.11 Å². The molecule has 0 atom stereocenters. The molecule has 1 aliphatic heterocycles. The molecular weight excluding hydrogens is 256 g/mol. The second kappa shape index (κ2) is 6.14. The fourth-order valence-electron chi connectivity index (χ4n) is 2.06. The Balaban J connectivity index is 2.07. The SMILES string of the molecule is COC(=O)c1ccc(CN2C=C(C=O)C(=N)CC2)cc1. The molecule has 0 spiro atoms. The van der Waals surface area contributed by atoms with Crippen LogP contribution in [0, 0.1) is 5.41 Å². The number of aldehydes is 1. The molecule has 0 amide bonds. The number of benzene rings is 1. The number of esters is 1. The van der Waals surface area contributed by atoms with Gasteiger partial charge in [-0.2, -0.15) is 0 Å². The Morgan fingerprint density at radius 3 is 2.70 bits per heavy atom. The Morgan fingerprint density at radius 1 is 1.40 bits per heavy atom. The maximum Gasteiger partial charge on any atom is 0.337 e. The van der Waals surface area contributed by atoms with Crippen molar-refractivity contribution in [2.24, 2.45) is 0 Å². The van der Waals surface area contributed by atoms with Gasteiger partial charge in [0.15, 0.2) is 6.29 Å². The summed E-state index contributed by atoms with van der Waals surface area (Å²) in [6.07, 6.45) is 3.01. The van der Waals surface area contributed by atoms with Crippen molar-refractivity contribution in [1.82, 2.24) is 4.90 Å². The predicted molar refractivity (Wildman–Crippen MR) is 74.7 cm³/mol. The van der Waals surface area contributed by atoms with E-state index in [2.05, 4.69) is 4.74 Å². The van der Waals surface area contributed by atoms with Crippen LogP contribution in [0.15, 0.2) is 36.0 Å². The Kier molecular flexibility index (Phi) is 4.30. The Hall–Kier alpha value is -2.43. The number of allylic oxidation sites excluding steroid dienone is 1. The molecule has 5 heteroatoms. The van der Waals surface area contributed by atoms with Gasteiger partial charge in [0.1, 0.15) is 0 Å². The summed E-state index contributed by atoms with van der Waals surface area (Å²) in [4.78, 5) is 24.2. The van der Waals surface area contributed by atoms with Gasteiger partial charge in [-0.25, -0.2) is 4.79 Å². The maximum atomic E-state index is 11.3. The minimum absolute atomic E-state index is 0.355. The topological polar surface area (TPSA) is 70.5 Å². The number of carbonyl (C=O) groups excluding carboxylic acids is 2. The molecule has 104 valence electrons. The van der Waals surface area contributed by atoms with Gasteiger partial charge in [-0.1, -0.05) is 12.1 Å².